The van der Waals surface area contributed by atoms with E-state index in [0.29, 0.717) is 23.8 Å². The third kappa shape index (κ3) is 3.17. The predicted octanol–water partition coefficient (Wildman–Crippen LogP) is 2.03. The lowest BCUT2D eigenvalue weighted by Crippen LogP contribution is -2.25. The Hall–Kier alpha value is -1.16. The predicted molar refractivity (Wildman–Crippen MR) is 65.1 cm³/mol. The zero-order valence-corrected chi connectivity index (χ0v) is 10.4. The van der Waals surface area contributed by atoms with Crippen LogP contribution in [-0.2, 0) is 6.54 Å². The Balaban J connectivity index is 2.91. The van der Waals surface area contributed by atoms with E-state index in [1.807, 2.05) is 11.9 Å². The van der Waals surface area contributed by atoms with Gasteiger partial charge in [-0.1, -0.05) is 13.8 Å². The number of anilines is 1. The van der Waals surface area contributed by atoms with Crippen LogP contribution in [0.5, 0.6) is 0 Å². The summed E-state index contributed by atoms with van der Waals surface area (Å²) >= 11 is 0. The van der Waals surface area contributed by atoms with Crippen molar-refractivity contribution in [2.75, 3.05) is 25.5 Å². The minimum Gasteiger partial charge on any atom is -0.357 e. The molecular formula is C12H20FN3. The summed E-state index contributed by atoms with van der Waals surface area (Å²) in [7, 11) is 3.67. The highest BCUT2D eigenvalue weighted by Crippen LogP contribution is 2.19. The van der Waals surface area contributed by atoms with Gasteiger partial charge in [0.25, 0.3) is 0 Å². The number of nitrogens with zero attached hydrogens (tertiary/aromatic N) is 2. The average molecular weight is 225 g/mol. The van der Waals surface area contributed by atoms with Crippen molar-refractivity contribution in [1.82, 2.24) is 10.3 Å². The van der Waals surface area contributed by atoms with Crippen LogP contribution in [0.1, 0.15) is 19.4 Å². The Kier molecular flexibility index (Phi) is 4.68. The van der Waals surface area contributed by atoms with Crippen LogP contribution in [0.2, 0.25) is 0 Å². The maximum Gasteiger partial charge on any atom is 0.170 e. The highest BCUT2D eigenvalue weighted by molar-refractivity contribution is 5.42. The molecule has 0 aliphatic heterocycles. The molecule has 0 saturated carbocycles. The average Bonchev–Trinajstić information content (AvgIpc) is 2.20. The van der Waals surface area contributed by atoms with E-state index in [9.17, 15) is 4.39 Å². The van der Waals surface area contributed by atoms with Crippen molar-refractivity contribution in [3.8, 4) is 0 Å². The van der Waals surface area contributed by atoms with Gasteiger partial charge in [-0.3, -0.25) is 0 Å². The van der Waals surface area contributed by atoms with Gasteiger partial charge in [-0.2, -0.15) is 0 Å². The lowest BCUT2D eigenvalue weighted by molar-refractivity contribution is 0.574. The summed E-state index contributed by atoms with van der Waals surface area (Å²) in [5.41, 5.74) is 0.656. The monoisotopic (exact) mass is 225 g/mol. The maximum atomic E-state index is 14.0. The van der Waals surface area contributed by atoms with Crippen LogP contribution in [-0.4, -0.2) is 25.6 Å². The molecule has 1 aromatic heterocycles. The van der Waals surface area contributed by atoms with E-state index in [0.717, 1.165) is 6.54 Å². The van der Waals surface area contributed by atoms with Gasteiger partial charge in [-0.15, -0.1) is 0 Å². The minimum absolute atomic E-state index is 0.222. The van der Waals surface area contributed by atoms with Crippen molar-refractivity contribution in [3.63, 3.8) is 0 Å². The lowest BCUT2D eigenvalue weighted by Gasteiger charge is -2.21. The standard InChI is InChI=1S/C12H20FN3/c1-9(2)8-16(4)12-11(13)10(7-14-3)5-6-15-12/h5-6,9,14H,7-8H2,1-4H3. The molecule has 1 heterocycles. The zero-order valence-electron chi connectivity index (χ0n) is 10.4. The Morgan fingerprint density at radius 3 is 2.75 bits per heavy atom. The van der Waals surface area contributed by atoms with Crippen molar-refractivity contribution in [1.29, 1.82) is 0 Å². The molecule has 0 aliphatic rings. The van der Waals surface area contributed by atoms with E-state index in [-0.39, 0.29) is 5.82 Å². The second kappa shape index (κ2) is 5.80. The molecule has 0 amide bonds. The lowest BCUT2D eigenvalue weighted by atomic mass is 10.2. The fourth-order valence-corrected chi connectivity index (χ4v) is 1.70. The van der Waals surface area contributed by atoms with Crippen molar-refractivity contribution in [2.45, 2.75) is 20.4 Å². The SMILES string of the molecule is CNCc1ccnc(N(C)CC(C)C)c1F. The summed E-state index contributed by atoms with van der Waals surface area (Å²) < 4.78 is 14.0. The van der Waals surface area contributed by atoms with Gasteiger partial charge >= 0.3 is 0 Å². The van der Waals surface area contributed by atoms with Crippen LogP contribution in [0.4, 0.5) is 10.2 Å². The van der Waals surface area contributed by atoms with Crippen LogP contribution in [0.3, 0.4) is 0 Å². The van der Waals surface area contributed by atoms with Crippen LogP contribution in [0.15, 0.2) is 12.3 Å². The van der Waals surface area contributed by atoms with Crippen molar-refractivity contribution in [3.05, 3.63) is 23.6 Å². The Labute approximate surface area is 96.7 Å². The van der Waals surface area contributed by atoms with Crippen LogP contribution in [0, 0.1) is 11.7 Å². The molecule has 0 spiro atoms. The molecule has 0 atom stereocenters. The van der Waals surface area contributed by atoms with E-state index in [2.05, 4.69) is 24.1 Å². The van der Waals surface area contributed by atoms with E-state index < -0.39 is 0 Å². The Bertz CT molecular complexity index is 339. The third-order valence-corrected chi connectivity index (χ3v) is 2.32. The summed E-state index contributed by atoms with van der Waals surface area (Å²) in [5.74, 6) is 0.695. The highest BCUT2D eigenvalue weighted by Gasteiger charge is 2.13. The molecule has 3 nitrogen and oxygen atoms in total. The second-order valence-electron chi connectivity index (χ2n) is 4.41. The normalized spacial score (nSPS) is 10.9. The largest absolute Gasteiger partial charge is 0.357 e. The van der Waals surface area contributed by atoms with Crippen molar-refractivity contribution >= 4 is 5.82 Å². The quantitative estimate of drug-likeness (QED) is 0.831. The smallest absolute Gasteiger partial charge is 0.170 e. The molecule has 0 aromatic carbocycles. The van der Waals surface area contributed by atoms with E-state index >= 15 is 0 Å². The van der Waals surface area contributed by atoms with E-state index in [4.69, 9.17) is 0 Å². The summed E-state index contributed by atoms with van der Waals surface area (Å²) in [6, 6.07) is 1.71. The zero-order chi connectivity index (χ0) is 12.1. The van der Waals surface area contributed by atoms with Gasteiger partial charge in [0.05, 0.1) is 0 Å². The molecule has 0 unspecified atom stereocenters. The van der Waals surface area contributed by atoms with Gasteiger partial charge in [-0.25, -0.2) is 9.37 Å². The molecule has 1 rings (SSSR count). The summed E-state index contributed by atoms with van der Waals surface area (Å²) in [4.78, 5) is 5.96. The number of pyridine rings is 1. The molecule has 0 fully saturated rings. The summed E-state index contributed by atoms with van der Waals surface area (Å²) in [6.45, 7) is 5.53. The molecule has 4 heteroatoms. The van der Waals surface area contributed by atoms with Gasteiger partial charge in [0, 0.05) is 31.9 Å². The first-order valence-electron chi connectivity index (χ1n) is 5.55. The van der Waals surface area contributed by atoms with Crippen LogP contribution < -0.4 is 10.2 Å². The molecule has 16 heavy (non-hydrogen) atoms. The topological polar surface area (TPSA) is 28.2 Å². The summed E-state index contributed by atoms with van der Waals surface area (Å²) in [5, 5.41) is 2.95. The molecule has 0 radical (unpaired) electrons. The maximum absolute atomic E-state index is 14.0. The number of aromatic nitrogens is 1. The molecule has 0 saturated heterocycles. The first kappa shape index (κ1) is 12.9. The van der Waals surface area contributed by atoms with Crippen molar-refractivity contribution < 1.29 is 4.39 Å². The summed E-state index contributed by atoms with van der Waals surface area (Å²) in [6.07, 6.45) is 1.65. The first-order valence-corrected chi connectivity index (χ1v) is 5.55. The van der Waals surface area contributed by atoms with E-state index in [1.165, 1.54) is 0 Å². The minimum atomic E-state index is -0.222. The van der Waals surface area contributed by atoms with Gasteiger partial charge < -0.3 is 10.2 Å². The number of nitrogens with one attached hydrogen (secondary N) is 1. The van der Waals surface area contributed by atoms with E-state index in [1.54, 1.807) is 19.3 Å². The number of hydrogen-bond donors (Lipinski definition) is 1. The number of rotatable bonds is 5. The van der Waals surface area contributed by atoms with Gasteiger partial charge in [0.1, 0.15) is 0 Å². The number of hydrogen-bond acceptors (Lipinski definition) is 3. The second-order valence-corrected chi connectivity index (χ2v) is 4.41. The van der Waals surface area contributed by atoms with Gasteiger partial charge in [0.15, 0.2) is 11.6 Å². The Morgan fingerprint density at radius 1 is 1.50 bits per heavy atom. The van der Waals surface area contributed by atoms with Gasteiger partial charge in [0.2, 0.25) is 0 Å². The molecule has 90 valence electrons. The first-order chi connectivity index (χ1) is 7.56. The van der Waals surface area contributed by atoms with Crippen LogP contribution >= 0.6 is 0 Å². The molecule has 0 aliphatic carbocycles. The molecule has 0 bridgehead atoms. The molecular weight excluding hydrogens is 205 g/mol. The number of halogens is 1. The third-order valence-electron chi connectivity index (χ3n) is 2.32. The highest BCUT2D eigenvalue weighted by atomic mass is 19.1. The Morgan fingerprint density at radius 2 is 2.19 bits per heavy atom. The fourth-order valence-electron chi connectivity index (χ4n) is 1.70. The molecule has 1 N–H and O–H groups in total. The van der Waals surface area contributed by atoms with Gasteiger partial charge in [-0.05, 0) is 19.0 Å². The van der Waals surface area contributed by atoms with Crippen molar-refractivity contribution in [2.24, 2.45) is 5.92 Å². The van der Waals surface area contributed by atoms with Crippen LogP contribution in [0.25, 0.3) is 0 Å². The molecule has 1 aromatic rings. The fraction of sp³-hybridized carbons (Fsp3) is 0.583.